The van der Waals surface area contributed by atoms with Crippen LogP contribution in [0.2, 0.25) is 0 Å². The summed E-state index contributed by atoms with van der Waals surface area (Å²) in [5, 5.41) is 22.3. The number of carbonyl (C=O) groups excluding carboxylic acids is 1. The minimum absolute atomic E-state index is 0.234. The maximum Gasteiger partial charge on any atom is 0.248 e. The fourth-order valence-electron chi connectivity index (χ4n) is 3.06. The topological polar surface area (TPSA) is 90.9 Å². The molecule has 6 nitrogen and oxygen atoms in total. The molecule has 0 radical (unpaired) electrons. The molecule has 6 heteroatoms. The average molecular weight is 394 g/mol. The van der Waals surface area contributed by atoms with Gasteiger partial charge in [0.2, 0.25) is 5.91 Å². The van der Waals surface area contributed by atoms with Gasteiger partial charge in [0.05, 0.1) is 17.1 Å². The van der Waals surface area contributed by atoms with Gasteiger partial charge in [-0.1, -0.05) is 29.8 Å². The highest BCUT2D eigenvalue weighted by atomic mass is 16.5. The van der Waals surface area contributed by atoms with Crippen LogP contribution in [0.5, 0.6) is 0 Å². The van der Waals surface area contributed by atoms with Crippen LogP contribution in [0.25, 0.3) is 28.5 Å². The number of anilines is 1. The average Bonchev–Trinajstić information content (AvgIpc) is 3.09. The van der Waals surface area contributed by atoms with Gasteiger partial charge in [0.25, 0.3) is 0 Å². The molecule has 30 heavy (non-hydrogen) atoms. The molecule has 0 aliphatic heterocycles. The van der Waals surface area contributed by atoms with Gasteiger partial charge in [-0.25, -0.2) is 4.98 Å². The Hall–Kier alpha value is -4.37. The molecule has 0 saturated carbocycles. The number of nitriles is 1. The minimum Gasteiger partial charge on any atom is -0.426 e. The Bertz CT molecular complexity index is 1290. The molecule has 2 N–H and O–H groups in total. The maximum absolute atomic E-state index is 12.2. The Balaban J connectivity index is 1.50. The van der Waals surface area contributed by atoms with E-state index >= 15 is 0 Å². The van der Waals surface area contributed by atoms with Gasteiger partial charge < -0.3 is 10.5 Å². The summed E-state index contributed by atoms with van der Waals surface area (Å²) in [6.07, 6.45) is 3.24. The summed E-state index contributed by atoms with van der Waals surface area (Å²) >= 11 is 0. The molecule has 0 spiro atoms. The number of hydrogen-bond donors (Lipinski definition) is 2. The third-order valence-corrected chi connectivity index (χ3v) is 4.67. The summed E-state index contributed by atoms with van der Waals surface area (Å²) in [6, 6.07) is 21.9. The summed E-state index contributed by atoms with van der Waals surface area (Å²) in [5.41, 5.74) is 4.92. The third kappa shape index (κ3) is 3.91. The van der Waals surface area contributed by atoms with Crippen molar-refractivity contribution in [3.8, 4) is 17.5 Å². The quantitative estimate of drug-likeness (QED) is 0.385. The molecule has 0 atom stereocenters. The Kier molecular flexibility index (Phi) is 5.02. The van der Waals surface area contributed by atoms with Gasteiger partial charge in [-0.3, -0.25) is 4.79 Å². The predicted molar refractivity (Wildman–Crippen MR) is 116 cm³/mol. The number of amides is 1. The summed E-state index contributed by atoms with van der Waals surface area (Å²) in [7, 11) is 0. The van der Waals surface area contributed by atoms with E-state index in [1.165, 1.54) is 11.6 Å². The van der Waals surface area contributed by atoms with E-state index in [4.69, 9.17) is 5.26 Å². The minimum atomic E-state index is -0.234. The Morgan fingerprint density at radius 2 is 1.83 bits per heavy atom. The molecule has 0 fully saturated rings. The molecule has 0 aliphatic carbocycles. The lowest BCUT2D eigenvalue weighted by Gasteiger charge is -2.05. The van der Waals surface area contributed by atoms with Crippen LogP contribution in [-0.4, -0.2) is 20.8 Å². The van der Waals surface area contributed by atoms with Crippen molar-refractivity contribution >= 4 is 28.7 Å². The Labute approximate surface area is 173 Å². The fraction of sp³-hybridized carbons (Fsp3) is 0.0417. The predicted octanol–water partition coefficient (Wildman–Crippen LogP) is 4.77. The number of rotatable bonds is 4. The van der Waals surface area contributed by atoms with Crippen LogP contribution < -0.4 is 5.32 Å². The van der Waals surface area contributed by atoms with E-state index in [0.29, 0.717) is 33.7 Å². The van der Waals surface area contributed by atoms with E-state index in [1.807, 2.05) is 37.3 Å². The zero-order valence-corrected chi connectivity index (χ0v) is 16.2. The lowest BCUT2D eigenvalue weighted by atomic mass is 10.1. The number of benzene rings is 3. The summed E-state index contributed by atoms with van der Waals surface area (Å²) in [5.74, 6) is 0.124. The second kappa shape index (κ2) is 7.94. The maximum atomic E-state index is 12.2. The molecule has 4 aromatic rings. The first-order valence-electron chi connectivity index (χ1n) is 9.31. The zero-order valence-electron chi connectivity index (χ0n) is 16.2. The van der Waals surface area contributed by atoms with Crippen LogP contribution in [0.3, 0.4) is 0 Å². The smallest absolute Gasteiger partial charge is 0.248 e. The first-order chi connectivity index (χ1) is 14.5. The van der Waals surface area contributed by atoms with Gasteiger partial charge >= 0.3 is 0 Å². The largest absolute Gasteiger partial charge is 0.426 e. The summed E-state index contributed by atoms with van der Waals surface area (Å²) in [6.45, 7) is 2.01. The fourth-order valence-corrected chi connectivity index (χ4v) is 3.06. The number of aromatic nitrogens is 2. The van der Waals surface area contributed by atoms with E-state index in [2.05, 4.69) is 10.3 Å². The highest BCUT2D eigenvalue weighted by Gasteiger charge is 2.12. The van der Waals surface area contributed by atoms with Crippen molar-refractivity contribution in [2.75, 3.05) is 5.32 Å². The van der Waals surface area contributed by atoms with E-state index in [-0.39, 0.29) is 5.91 Å². The molecule has 4 rings (SSSR count). The van der Waals surface area contributed by atoms with Gasteiger partial charge in [0, 0.05) is 17.3 Å². The van der Waals surface area contributed by atoms with E-state index in [9.17, 15) is 10.0 Å². The van der Waals surface area contributed by atoms with Crippen molar-refractivity contribution in [2.45, 2.75) is 6.92 Å². The Morgan fingerprint density at radius 3 is 2.53 bits per heavy atom. The van der Waals surface area contributed by atoms with E-state index in [0.717, 1.165) is 10.3 Å². The molecular formula is C24H18N4O2. The van der Waals surface area contributed by atoms with Crippen molar-refractivity contribution in [2.24, 2.45) is 0 Å². The van der Waals surface area contributed by atoms with Crippen LogP contribution in [0.1, 0.15) is 16.7 Å². The van der Waals surface area contributed by atoms with Crippen LogP contribution in [0, 0.1) is 18.3 Å². The molecule has 3 aromatic carbocycles. The zero-order chi connectivity index (χ0) is 21.1. The van der Waals surface area contributed by atoms with Crippen molar-refractivity contribution in [3.63, 3.8) is 0 Å². The summed E-state index contributed by atoms with van der Waals surface area (Å²) in [4.78, 5) is 16.6. The molecule has 0 bridgehead atoms. The number of nitrogens with one attached hydrogen (secondary N) is 1. The summed E-state index contributed by atoms with van der Waals surface area (Å²) < 4.78 is 0.966. The van der Waals surface area contributed by atoms with Gasteiger partial charge in [-0.05, 0) is 61.0 Å². The molecule has 1 aromatic heterocycles. The second-order valence-electron chi connectivity index (χ2n) is 6.87. The second-order valence-corrected chi connectivity index (χ2v) is 6.87. The van der Waals surface area contributed by atoms with Crippen LogP contribution >= 0.6 is 0 Å². The first-order valence-corrected chi connectivity index (χ1v) is 9.31. The highest BCUT2D eigenvalue weighted by Crippen LogP contribution is 2.25. The lowest BCUT2D eigenvalue weighted by molar-refractivity contribution is -0.111. The van der Waals surface area contributed by atoms with E-state index in [1.54, 1.807) is 48.5 Å². The van der Waals surface area contributed by atoms with Crippen LogP contribution in [0.4, 0.5) is 5.69 Å². The first kappa shape index (κ1) is 19.0. The SMILES string of the molecule is Cc1ccc(C=CC(=O)Nc2ccc(-c3nc4ccc(C#N)cc4n3O)cc2)cc1. The van der Waals surface area contributed by atoms with Gasteiger partial charge in [-0.15, -0.1) is 0 Å². The number of hydrogen-bond acceptors (Lipinski definition) is 4. The third-order valence-electron chi connectivity index (χ3n) is 4.67. The number of carbonyl (C=O) groups is 1. The molecule has 146 valence electrons. The lowest BCUT2D eigenvalue weighted by Crippen LogP contribution is -2.07. The van der Waals surface area contributed by atoms with Gasteiger partial charge in [-0.2, -0.15) is 9.99 Å². The molecule has 1 amide bonds. The molecule has 0 saturated heterocycles. The number of imidazole rings is 1. The number of fused-ring (bicyclic) bond motifs is 1. The van der Waals surface area contributed by atoms with Crippen molar-refractivity contribution in [3.05, 3.63) is 89.5 Å². The van der Waals surface area contributed by atoms with Crippen molar-refractivity contribution in [1.29, 1.82) is 5.26 Å². The van der Waals surface area contributed by atoms with Gasteiger partial charge in [0.15, 0.2) is 5.82 Å². The normalized spacial score (nSPS) is 10.9. The van der Waals surface area contributed by atoms with Crippen molar-refractivity contribution < 1.29 is 10.0 Å². The highest BCUT2D eigenvalue weighted by molar-refractivity contribution is 6.02. The van der Waals surface area contributed by atoms with Crippen LogP contribution in [0.15, 0.2) is 72.8 Å². The van der Waals surface area contributed by atoms with Gasteiger partial charge in [0.1, 0.15) is 5.52 Å². The number of nitrogens with zero attached hydrogens (tertiary/aromatic N) is 3. The Morgan fingerprint density at radius 1 is 1.10 bits per heavy atom. The van der Waals surface area contributed by atoms with Crippen molar-refractivity contribution in [1.82, 2.24) is 9.71 Å². The molecule has 0 unspecified atom stereocenters. The molecular weight excluding hydrogens is 376 g/mol. The van der Waals surface area contributed by atoms with Crippen LogP contribution in [-0.2, 0) is 4.79 Å². The number of aryl methyl sites for hydroxylation is 1. The molecule has 1 heterocycles. The van der Waals surface area contributed by atoms with E-state index < -0.39 is 0 Å². The monoisotopic (exact) mass is 394 g/mol. The molecule has 0 aliphatic rings. The standard InChI is InChI=1S/C24H18N4O2/c1-16-2-4-17(5-3-16)7-13-23(29)26-20-10-8-19(9-11-20)24-27-21-12-6-18(15-25)14-22(21)28(24)30/h2-14,30H,1H3,(H,26,29).